The van der Waals surface area contributed by atoms with Crippen LogP contribution in [0.15, 0.2) is 48.7 Å². The molecule has 0 aliphatic carbocycles. The highest BCUT2D eigenvalue weighted by Crippen LogP contribution is 2.30. The molecule has 5 amide bonds. The Labute approximate surface area is 364 Å². The summed E-state index contributed by atoms with van der Waals surface area (Å²) in [4.78, 5) is 79.1. The van der Waals surface area contributed by atoms with Gasteiger partial charge < -0.3 is 41.0 Å². The molecule has 0 saturated carbocycles. The van der Waals surface area contributed by atoms with Crippen LogP contribution >= 0.6 is 0 Å². The first-order chi connectivity index (χ1) is 29.1. The van der Waals surface area contributed by atoms with E-state index in [-0.39, 0.29) is 73.3 Å². The number of methoxy groups -OCH3 is 2. The molecule has 0 unspecified atom stereocenters. The smallest absolute Gasteiger partial charge is 0.243 e. The summed E-state index contributed by atoms with van der Waals surface area (Å²) in [5.41, 5.74) is 7.95. The van der Waals surface area contributed by atoms with E-state index in [1.807, 2.05) is 51.0 Å². The van der Waals surface area contributed by atoms with E-state index in [2.05, 4.69) is 41.7 Å². The van der Waals surface area contributed by atoms with Crippen LogP contribution < -0.4 is 21.7 Å². The fourth-order valence-corrected chi connectivity index (χ4v) is 8.50. The highest BCUT2D eigenvalue weighted by Gasteiger charge is 2.43. The van der Waals surface area contributed by atoms with Crippen LogP contribution in [0.3, 0.4) is 0 Å². The van der Waals surface area contributed by atoms with Crippen LogP contribution in [0.2, 0.25) is 0 Å². The first-order valence-corrected chi connectivity index (χ1v) is 22.0. The van der Waals surface area contributed by atoms with Crippen LogP contribution in [0.25, 0.3) is 0 Å². The first-order valence-electron chi connectivity index (χ1n) is 22.0. The molecule has 8 atom stereocenters. The number of rotatable bonds is 25. The van der Waals surface area contributed by atoms with E-state index in [1.54, 1.807) is 54.3 Å². The summed E-state index contributed by atoms with van der Waals surface area (Å²) in [6.45, 7) is 12.9. The summed E-state index contributed by atoms with van der Waals surface area (Å²) in [6, 6.07) is 10.5. The van der Waals surface area contributed by atoms with Gasteiger partial charge in [0.05, 0.1) is 49.2 Å². The molecule has 1 aliphatic heterocycles. The maximum Gasteiger partial charge on any atom is 0.243 e. The van der Waals surface area contributed by atoms with Crippen LogP contribution in [0.1, 0.15) is 91.3 Å². The Morgan fingerprint density at radius 2 is 1.64 bits per heavy atom. The summed E-state index contributed by atoms with van der Waals surface area (Å²) in [5.74, 6) is -2.04. The molecule has 1 aromatic carbocycles. The number of hydrogen-bond donors (Lipinski definition) is 4. The number of nitrogens with one attached hydrogen (secondary N) is 3. The highest BCUT2D eigenvalue weighted by atomic mass is 16.5. The maximum atomic E-state index is 14.4. The van der Waals surface area contributed by atoms with Gasteiger partial charge in [-0.1, -0.05) is 72.6 Å². The van der Waals surface area contributed by atoms with Gasteiger partial charge in [0.1, 0.15) is 6.04 Å². The number of benzene rings is 1. The Morgan fingerprint density at radius 3 is 2.21 bits per heavy atom. The van der Waals surface area contributed by atoms with Gasteiger partial charge in [0.15, 0.2) is 0 Å². The van der Waals surface area contributed by atoms with Gasteiger partial charge in [0.2, 0.25) is 29.5 Å². The summed E-state index contributed by atoms with van der Waals surface area (Å²) in [5, 5.41) is 8.78. The highest BCUT2D eigenvalue weighted by molar-refractivity contribution is 5.89. The number of carbonyl (C=O) groups is 5. The lowest BCUT2D eigenvalue weighted by molar-refractivity contribution is -0.147. The molecule has 61 heavy (non-hydrogen) atoms. The number of likely N-dealkylation sites (N-methyl/N-ethyl adjacent to an activating group) is 1. The quantitative estimate of drug-likeness (QED) is 0.107. The molecule has 15 nitrogen and oxygen atoms in total. The van der Waals surface area contributed by atoms with Gasteiger partial charge in [0.25, 0.3) is 0 Å². The predicted molar refractivity (Wildman–Crippen MR) is 238 cm³/mol. The summed E-state index contributed by atoms with van der Waals surface area (Å²) in [7, 11) is 6.80. The van der Waals surface area contributed by atoms with Gasteiger partial charge in [-0.2, -0.15) is 0 Å². The van der Waals surface area contributed by atoms with E-state index in [0.717, 1.165) is 31.2 Å². The Hall–Kier alpha value is -4.60. The van der Waals surface area contributed by atoms with E-state index in [4.69, 9.17) is 15.2 Å². The Balaban J connectivity index is 1.79. The first kappa shape index (κ1) is 50.8. The summed E-state index contributed by atoms with van der Waals surface area (Å²) < 4.78 is 12.1. The zero-order valence-corrected chi connectivity index (χ0v) is 38.3. The zero-order chi connectivity index (χ0) is 45.2. The topological polar surface area (TPSA) is 189 Å². The third kappa shape index (κ3) is 14.8. The van der Waals surface area contributed by atoms with Crippen molar-refractivity contribution >= 4 is 35.2 Å². The van der Waals surface area contributed by atoms with Gasteiger partial charge in [0, 0.05) is 57.9 Å². The minimum atomic E-state index is -0.922. The lowest BCUT2D eigenvalue weighted by Gasteiger charge is -2.41. The number of anilines is 1. The number of carbonyl (C=O) groups excluding carboxylic acids is 5. The molecule has 0 bridgehead atoms. The van der Waals surface area contributed by atoms with E-state index < -0.39 is 36.3 Å². The molecule has 5 N–H and O–H groups in total. The second-order valence-electron chi connectivity index (χ2n) is 17.0. The van der Waals surface area contributed by atoms with Crippen LogP contribution in [0.4, 0.5) is 5.69 Å². The second kappa shape index (κ2) is 25.4. The van der Waals surface area contributed by atoms with Crippen LogP contribution in [0, 0.1) is 17.8 Å². The number of pyridine rings is 1. The zero-order valence-electron chi connectivity index (χ0n) is 38.3. The average molecular weight is 851 g/mol. The number of nitrogens with two attached hydrogens (primary N) is 1. The van der Waals surface area contributed by atoms with Crippen molar-refractivity contribution in [3.8, 4) is 0 Å². The fraction of sp³-hybridized carbons (Fsp3) is 0.652. The van der Waals surface area contributed by atoms with E-state index in [9.17, 15) is 24.0 Å². The number of ether oxygens (including phenoxy) is 2. The lowest BCUT2D eigenvalue weighted by Crippen LogP contribution is -2.57. The van der Waals surface area contributed by atoms with E-state index in [0.29, 0.717) is 30.9 Å². The number of nitrogen functional groups attached to an aromatic ring is 1. The number of aromatic nitrogens is 1. The normalized spacial score (nSPS) is 17.5. The van der Waals surface area contributed by atoms with Crippen LogP contribution in [-0.4, -0.2) is 134 Å². The number of hydrogen-bond acceptors (Lipinski definition) is 10. The van der Waals surface area contributed by atoms with Crippen LogP contribution in [0.5, 0.6) is 0 Å². The van der Waals surface area contributed by atoms with E-state index in [1.165, 1.54) is 7.11 Å². The van der Waals surface area contributed by atoms with Crippen molar-refractivity contribution < 1.29 is 33.4 Å². The molecule has 0 radical (unpaired) electrons. The Kier molecular flexibility index (Phi) is 21.1. The molecule has 3 rings (SSSR count). The van der Waals surface area contributed by atoms with Crippen LogP contribution in [-0.2, 0) is 46.4 Å². The molecule has 2 aromatic rings. The van der Waals surface area contributed by atoms with Crippen molar-refractivity contribution in [2.45, 2.75) is 129 Å². The monoisotopic (exact) mass is 851 g/mol. The molecular weight excluding hydrogens is 777 g/mol. The molecule has 15 heteroatoms. The molecule has 340 valence electrons. The van der Waals surface area contributed by atoms with Gasteiger partial charge in [-0.25, -0.2) is 0 Å². The lowest BCUT2D eigenvalue weighted by atomic mass is 9.89. The fourth-order valence-electron chi connectivity index (χ4n) is 8.50. The molecule has 0 spiro atoms. The number of amides is 5. The SMILES string of the molecule is CCCCN(C(=O)CNC(=O)[C@H](C(C)C)N(C)C)[C@@H]([C@@H](C)CC)[C@@H](CC(=O)N1CCC[C@H]1[C@H](OC)[C@@H](C)C(=O)N[C@@H](Cc1ccccn1)C(=O)NCc1ccc(N)cc1)OC. The number of unbranched alkanes of at least 4 members (excludes halogenated alkanes) is 1. The van der Waals surface area contributed by atoms with Crippen molar-refractivity contribution in [2.75, 3.05) is 53.7 Å². The van der Waals surface area contributed by atoms with Crippen molar-refractivity contribution in [1.82, 2.24) is 35.6 Å². The van der Waals surface area contributed by atoms with Crippen molar-refractivity contribution in [2.24, 2.45) is 17.8 Å². The predicted octanol–water partition coefficient (Wildman–Crippen LogP) is 3.80. The molecule has 1 aromatic heterocycles. The molecular formula is C46H74N8O7. The largest absolute Gasteiger partial charge is 0.399 e. The Bertz CT molecular complexity index is 1670. The van der Waals surface area contributed by atoms with Gasteiger partial charge in [-0.05, 0) is 75.0 Å². The molecule has 1 aliphatic rings. The average Bonchev–Trinajstić information content (AvgIpc) is 3.73. The maximum absolute atomic E-state index is 14.4. The van der Waals surface area contributed by atoms with Gasteiger partial charge in [-0.15, -0.1) is 0 Å². The molecule has 1 fully saturated rings. The third-order valence-corrected chi connectivity index (χ3v) is 12.0. The summed E-state index contributed by atoms with van der Waals surface area (Å²) >= 11 is 0. The molecule has 2 heterocycles. The summed E-state index contributed by atoms with van der Waals surface area (Å²) in [6.07, 6.45) is 4.21. The van der Waals surface area contributed by atoms with Gasteiger partial charge in [-0.3, -0.25) is 33.9 Å². The van der Waals surface area contributed by atoms with Crippen molar-refractivity contribution in [3.63, 3.8) is 0 Å². The van der Waals surface area contributed by atoms with E-state index >= 15 is 0 Å². The third-order valence-electron chi connectivity index (χ3n) is 12.0. The van der Waals surface area contributed by atoms with Crippen molar-refractivity contribution in [1.29, 1.82) is 0 Å². The second-order valence-corrected chi connectivity index (χ2v) is 17.0. The number of likely N-dealkylation sites (tertiary alicyclic amines) is 1. The molecule has 1 saturated heterocycles. The number of nitrogens with zero attached hydrogens (tertiary/aromatic N) is 4. The standard InChI is InChI=1S/C46H74N8O7/c1-11-13-24-54(40(56)29-50-46(59)41(30(3)4)52(7)8)42(31(5)12-2)38(60-9)27-39(55)53-25-16-18-37(53)43(61-10)32(6)44(57)51-36(26-35-17-14-15-23-48-35)45(58)49-28-33-19-21-34(47)22-20-33/h14-15,17,19-23,30-32,36-38,41-43H,11-13,16,18,24-29,47H2,1-10H3,(H,49,58)(H,50,59)(H,51,57)/t31-,32+,36-,37-,38+,41-,42-,43+/m0/s1. The Morgan fingerprint density at radius 1 is 0.934 bits per heavy atom. The minimum absolute atomic E-state index is 0.0116. The van der Waals surface area contributed by atoms with Gasteiger partial charge >= 0.3 is 0 Å². The minimum Gasteiger partial charge on any atom is -0.399 e. The van der Waals surface area contributed by atoms with Crippen molar-refractivity contribution in [3.05, 3.63) is 59.9 Å².